The Labute approximate surface area is 208 Å². The number of rotatable bonds is 8. The van der Waals surface area contributed by atoms with E-state index >= 15 is 0 Å². The first-order valence-corrected chi connectivity index (χ1v) is 13.2. The topological polar surface area (TPSA) is 67.4 Å². The van der Waals surface area contributed by atoms with Crippen molar-refractivity contribution in [2.24, 2.45) is 5.92 Å². The number of hydrogen-bond acceptors (Lipinski definition) is 6. The maximum absolute atomic E-state index is 12.5. The summed E-state index contributed by atoms with van der Waals surface area (Å²) in [5.74, 6) is 0.644. The molecule has 2 aliphatic rings. The van der Waals surface area contributed by atoms with Gasteiger partial charge in [-0.25, -0.2) is 4.98 Å². The predicted octanol–water partition coefficient (Wildman–Crippen LogP) is 4.96. The van der Waals surface area contributed by atoms with Crippen molar-refractivity contribution in [3.05, 3.63) is 40.2 Å². The second-order valence-corrected chi connectivity index (χ2v) is 10.6. The Morgan fingerprint density at radius 1 is 1.23 bits per heavy atom. The largest absolute Gasteiger partial charge is 0.470 e. The van der Waals surface area contributed by atoms with Crippen molar-refractivity contribution in [1.82, 2.24) is 20.2 Å². The van der Waals surface area contributed by atoms with E-state index in [1.165, 1.54) is 11.3 Å². The fraction of sp³-hybridized carbons (Fsp3) is 0.640. The molecule has 0 atom stereocenters. The number of aryl methyl sites for hydroxylation is 1. The number of thiazole rings is 1. The molecule has 0 bridgehead atoms. The number of carbonyl (C=O) groups is 1. The molecule has 6 nitrogen and oxygen atoms in total. The van der Waals surface area contributed by atoms with Gasteiger partial charge in [0.1, 0.15) is 0 Å². The van der Waals surface area contributed by atoms with Crippen molar-refractivity contribution >= 4 is 17.2 Å². The summed E-state index contributed by atoms with van der Waals surface area (Å²) in [5.41, 5.74) is 2.38. The first kappa shape index (κ1) is 25.9. The Hall–Kier alpha value is -2.20. The molecule has 1 amide bonds. The van der Waals surface area contributed by atoms with Crippen LogP contribution in [0.3, 0.4) is 0 Å². The highest BCUT2D eigenvalue weighted by Crippen LogP contribution is 2.31. The molecule has 0 aromatic carbocycles. The van der Waals surface area contributed by atoms with Crippen molar-refractivity contribution in [2.75, 3.05) is 26.2 Å². The van der Waals surface area contributed by atoms with Crippen LogP contribution < -0.4 is 10.1 Å². The lowest BCUT2D eigenvalue weighted by molar-refractivity contribution is -0.139. The quantitative estimate of drug-likeness (QED) is 0.544. The maximum atomic E-state index is 12.5. The summed E-state index contributed by atoms with van der Waals surface area (Å²) in [4.78, 5) is 24.8. The molecule has 2 aromatic heterocycles. The molecule has 1 aliphatic carbocycles. The van der Waals surface area contributed by atoms with E-state index in [0.717, 1.165) is 80.8 Å². The van der Waals surface area contributed by atoms with Crippen LogP contribution in [0.2, 0.25) is 0 Å². The maximum Gasteiger partial charge on any atom is 0.392 e. The number of fused-ring (bicyclic) bond motifs is 1. The second-order valence-electron chi connectivity index (χ2n) is 9.52. The first-order valence-electron chi connectivity index (χ1n) is 12.4. The summed E-state index contributed by atoms with van der Waals surface area (Å²) in [7, 11) is 0. The summed E-state index contributed by atoms with van der Waals surface area (Å²) in [6, 6.07) is 3.84. The minimum Gasteiger partial charge on any atom is -0.470 e. The third-order valence-electron chi connectivity index (χ3n) is 6.98. The lowest BCUT2D eigenvalue weighted by atomic mass is 9.84. The molecule has 3 heterocycles. The van der Waals surface area contributed by atoms with Gasteiger partial charge < -0.3 is 15.0 Å². The molecule has 0 unspecified atom stereocenters. The molecule has 4 rings (SSSR count). The number of nitrogens with one attached hydrogen (secondary N) is 1. The van der Waals surface area contributed by atoms with Gasteiger partial charge in [0.2, 0.25) is 0 Å². The SMILES string of the molecule is Cc1ncccc1C(=O)N[C@H]1CC[C@H](CCN2CCc3nc(OCCC(F)(F)F)sc3CC2)CC1. The molecule has 1 N–H and O–H groups in total. The molecule has 10 heteroatoms. The molecule has 2 aromatic rings. The lowest BCUT2D eigenvalue weighted by Gasteiger charge is -2.30. The fourth-order valence-electron chi connectivity index (χ4n) is 4.87. The summed E-state index contributed by atoms with van der Waals surface area (Å²) in [6.45, 7) is 4.37. The van der Waals surface area contributed by atoms with Crippen molar-refractivity contribution < 1.29 is 22.7 Å². The van der Waals surface area contributed by atoms with Crippen LogP contribution in [0, 0.1) is 12.8 Å². The number of pyridine rings is 1. The van der Waals surface area contributed by atoms with E-state index in [1.807, 2.05) is 13.0 Å². The number of aromatic nitrogens is 2. The fourth-order valence-corrected chi connectivity index (χ4v) is 5.84. The van der Waals surface area contributed by atoms with Gasteiger partial charge in [0, 0.05) is 42.3 Å². The van der Waals surface area contributed by atoms with Gasteiger partial charge in [-0.2, -0.15) is 13.2 Å². The second kappa shape index (κ2) is 11.7. The van der Waals surface area contributed by atoms with Crippen LogP contribution in [-0.2, 0) is 12.8 Å². The predicted molar refractivity (Wildman–Crippen MR) is 129 cm³/mol. The average Bonchev–Trinajstić information content (AvgIpc) is 3.10. The third-order valence-corrected chi connectivity index (χ3v) is 8.05. The van der Waals surface area contributed by atoms with Crippen LogP contribution in [-0.4, -0.2) is 59.2 Å². The van der Waals surface area contributed by atoms with Crippen molar-refractivity contribution in [3.8, 4) is 5.19 Å². The molecular formula is C25H33F3N4O2S. The zero-order valence-corrected chi connectivity index (χ0v) is 20.9. The Balaban J connectivity index is 1.15. The van der Waals surface area contributed by atoms with Crippen LogP contribution in [0.25, 0.3) is 0 Å². The Morgan fingerprint density at radius 2 is 2.00 bits per heavy atom. The highest BCUT2D eigenvalue weighted by Gasteiger charge is 2.28. The van der Waals surface area contributed by atoms with E-state index in [-0.39, 0.29) is 18.6 Å². The number of amides is 1. The number of carbonyl (C=O) groups excluding carboxylic acids is 1. The molecule has 0 spiro atoms. The molecule has 1 fully saturated rings. The summed E-state index contributed by atoms with van der Waals surface area (Å²) in [6.07, 6.45) is 3.62. The molecule has 0 saturated heterocycles. The highest BCUT2D eigenvalue weighted by molar-refractivity contribution is 7.13. The van der Waals surface area contributed by atoms with E-state index in [0.29, 0.717) is 16.7 Å². The van der Waals surface area contributed by atoms with Gasteiger partial charge in [-0.1, -0.05) is 11.3 Å². The standard InChI is InChI=1S/C25H33F3N4O2S/c1-17-20(3-2-12-29-17)23(33)30-19-6-4-18(5-7-19)8-13-32-14-9-21-22(10-15-32)35-24(31-21)34-16-11-25(26,27)28/h2-3,12,18-19H,4-11,13-16H2,1H3,(H,30,33)/t18-,19-. The van der Waals surface area contributed by atoms with Gasteiger partial charge in [-0.05, 0) is 70.0 Å². The number of nitrogens with zero attached hydrogens (tertiary/aromatic N) is 3. The van der Waals surface area contributed by atoms with Gasteiger partial charge in [-0.3, -0.25) is 9.78 Å². The van der Waals surface area contributed by atoms with Gasteiger partial charge >= 0.3 is 6.18 Å². The van der Waals surface area contributed by atoms with Crippen molar-refractivity contribution in [2.45, 2.75) is 70.5 Å². The van der Waals surface area contributed by atoms with Crippen LogP contribution in [0.1, 0.15) is 65.1 Å². The Kier molecular flexibility index (Phi) is 8.64. The Bertz CT molecular complexity index is 964. The minimum absolute atomic E-state index is 0.0291. The van der Waals surface area contributed by atoms with E-state index in [9.17, 15) is 18.0 Å². The van der Waals surface area contributed by atoms with Gasteiger partial charge in [0.15, 0.2) is 0 Å². The van der Waals surface area contributed by atoms with Gasteiger partial charge in [-0.15, -0.1) is 0 Å². The third kappa shape index (κ3) is 7.64. The number of alkyl halides is 3. The molecule has 192 valence electrons. The van der Waals surface area contributed by atoms with E-state index in [2.05, 4.69) is 20.2 Å². The number of hydrogen-bond donors (Lipinski definition) is 1. The van der Waals surface area contributed by atoms with Crippen molar-refractivity contribution in [1.29, 1.82) is 0 Å². The van der Waals surface area contributed by atoms with Crippen LogP contribution in [0.4, 0.5) is 13.2 Å². The minimum atomic E-state index is -4.21. The molecular weight excluding hydrogens is 477 g/mol. The smallest absolute Gasteiger partial charge is 0.392 e. The molecule has 35 heavy (non-hydrogen) atoms. The van der Waals surface area contributed by atoms with Gasteiger partial charge in [0.25, 0.3) is 11.1 Å². The van der Waals surface area contributed by atoms with E-state index < -0.39 is 12.6 Å². The zero-order valence-electron chi connectivity index (χ0n) is 20.1. The number of ether oxygens (including phenoxy) is 1. The zero-order chi connectivity index (χ0) is 24.8. The highest BCUT2D eigenvalue weighted by atomic mass is 32.1. The summed E-state index contributed by atoms with van der Waals surface area (Å²) < 4.78 is 42.2. The van der Waals surface area contributed by atoms with E-state index in [4.69, 9.17) is 4.74 Å². The Morgan fingerprint density at radius 3 is 2.74 bits per heavy atom. The summed E-state index contributed by atoms with van der Waals surface area (Å²) in [5, 5.41) is 3.54. The molecule has 0 radical (unpaired) electrons. The van der Waals surface area contributed by atoms with Crippen LogP contribution >= 0.6 is 11.3 Å². The monoisotopic (exact) mass is 510 g/mol. The van der Waals surface area contributed by atoms with Gasteiger partial charge in [0.05, 0.1) is 24.3 Å². The molecule has 1 aliphatic heterocycles. The summed E-state index contributed by atoms with van der Waals surface area (Å²) >= 11 is 1.39. The lowest BCUT2D eigenvalue weighted by Crippen LogP contribution is -2.38. The number of halogens is 3. The van der Waals surface area contributed by atoms with Crippen LogP contribution in [0.5, 0.6) is 5.19 Å². The normalized spacial score (nSPS) is 21.3. The van der Waals surface area contributed by atoms with E-state index in [1.54, 1.807) is 12.3 Å². The molecule has 1 saturated carbocycles. The average molecular weight is 511 g/mol. The van der Waals surface area contributed by atoms with Crippen molar-refractivity contribution in [3.63, 3.8) is 0 Å². The first-order chi connectivity index (χ1) is 16.8. The van der Waals surface area contributed by atoms with Crippen LogP contribution in [0.15, 0.2) is 18.3 Å².